The second-order valence-corrected chi connectivity index (χ2v) is 6.75. The summed E-state index contributed by atoms with van der Waals surface area (Å²) in [5.74, 6) is -0.924. The first-order chi connectivity index (χ1) is 10.1. The summed E-state index contributed by atoms with van der Waals surface area (Å²) in [5, 5.41) is 16.4. The van der Waals surface area contributed by atoms with Gasteiger partial charge in [-0.05, 0) is 49.1 Å². The normalized spacial score (nSPS) is 30.5. The number of aliphatic carboxylic acids is 1. The highest BCUT2D eigenvalue weighted by Crippen LogP contribution is 2.48. The van der Waals surface area contributed by atoms with E-state index >= 15 is 0 Å². The zero-order valence-corrected chi connectivity index (χ0v) is 12.7. The molecule has 0 spiro atoms. The molecule has 6 nitrogen and oxygen atoms in total. The molecular formula is C14H19N3O3S. The topological polar surface area (TPSA) is 92.2 Å². The highest BCUT2D eigenvalue weighted by atomic mass is 32.1. The van der Waals surface area contributed by atoms with Crippen LogP contribution in [0.25, 0.3) is 0 Å². The van der Waals surface area contributed by atoms with E-state index in [-0.39, 0.29) is 17.9 Å². The first-order valence-electron chi connectivity index (χ1n) is 7.46. The Hall–Kier alpha value is -1.50. The van der Waals surface area contributed by atoms with Crippen molar-refractivity contribution in [1.29, 1.82) is 0 Å². The van der Waals surface area contributed by atoms with E-state index in [9.17, 15) is 14.7 Å². The number of carboxylic acid groups (broad SMARTS) is 1. The first kappa shape index (κ1) is 14.4. The smallest absolute Gasteiger partial charge is 0.308 e. The molecule has 0 radical (unpaired) electrons. The van der Waals surface area contributed by atoms with Crippen LogP contribution in [-0.4, -0.2) is 32.6 Å². The summed E-state index contributed by atoms with van der Waals surface area (Å²) in [6.07, 6.45) is 4.53. The Labute approximate surface area is 127 Å². The minimum atomic E-state index is -0.788. The maximum atomic E-state index is 12.4. The summed E-state index contributed by atoms with van der Waals surface area (Å²) in [6.45, 7) is 2.03. The third-order valence-electron chi connectivity index (χ3n) is 4.75. The van der Waals surface area contributed by atoms with Crippen LogP contribution in [0.4, 0.5) is 0 Å². The number of carbonyl (C=O) groups is 2. The molecule has 2 fully saturated rings. The van der Waals surface area contributed by atoms with Crippen LogP contribution >= 0.6 is 11.5 Å². The Kier molecular flexibility index (Phi) is 3.93. The maximum absolute atomic E-state index is 12.4. The average molecular weight is 309 g/mol. The monoisotopic (exact) mass is 309 g/mol. The Morgan fingerprint density at radius 1 is 1.38 bits per heavy atom. The predicted octanol–water partition coefficient (Wildman–Crippen LogP) is 1.72. The Morgan fingerprint density at radius 3 is 2.86 bits per heavy atom. The molecule has 0 aliphatic heterocycles. The highest BCUT2D eigenvalue weighted by Gasteiger charge is 2.51. The van der Waals surface area contributed by atoms with E-state index in [1.807, 2.05) is 6.92 Å². The number of aryl methyl sites for hydroxylation is 1. The van der Waals surface area contributed by atoms with Crippen molar-refractivity contribution in [2.24, 2.45) is 17.8 Å². The van der Waals surface area contributed by atoms with Gasteiger partial charge in [0.05, 0.1) is 11.6 Å². The lowest BCUT2D eigenvalue weighted by molar-refractivity contribution is -0.144. The van der Waals surface area contributed by atoms with Gasteiger partial charge in [-0.1, -0.05) is 17.8 Å². The summed E-state index contributed by atoms with van der Waals surface area (Å²) in [7, 11) is 0. The Balaban J connectivity index is 1.75. The van der Waals surface area contributed by atoms with E-state index in [2.05, 4.69) is 14.9 Å². The fourth-order valence-corrected chi connectivity index (χ4v) is 4.46. The van der Waals surface area contributed by atoms with Crippen molar-refractivity contribution in [1.82, 2.24) is 14.9 Å². The number of nitrogens with one attached hydrogen (secondary N) is 1. The van der Waals surface area contributed by atoms with Crippen molar-refractivity contribution >= 4 is 23.4 Å². The largest absolute Gasteiger partial charge is 0.481 e. The van der Waals surface area contributed by atoms with Crippen LogP contribution in [-0.2, 0) is 11.2 Å². The SMILES string of the molecule is CCCc1nnsc1C(=O)NC1C2CCC(C2)C1C(=O)O. The van der Waals surface area contributed by atoms with Crippen LogP contribution in [0.1, 0.15) is 48.0 Å². The molecule has 4 unspecified atom stereocenters. The number of aromatic nitrogens is 2. The van der Waals surface area contributed by atoms with Crippen LogP contribution in [0.15, 0.2) is 0 Å². The van der Waals surface area contributed by atoms with Gasteiger partial charge < -0.3 is 10.4 Å². The van der Waals surface area contributed by atoms with Gasteiger partial charge in [0.1, 0.15) is 4.88 Å². The van der Waals surface area contributed by atoms with Gasteiger partial charge in [0.2, 0.25) is 0 Å². The van der Waals surface area contributed by atoms with Crippen LogP contribution < -0.4 is 5.32 Å². The molecule has 1 aromatic rings. The molecule has 4 atom stereocenters. The van der Waals surface area contributed by atoms with Crippen LogP contribution in [0.2, 0.25) is 0 Å². The molecule has 2 saturated carbocycles. The number of hydrogen-bond acceptors (Lipinski definition) is 5. The number of nitrogens with zero attached hydrogens (tertiary/aromatic N) is 2. The molecule has 3 rings (SSSR count). The van der Waals surface area contributed by atoms with Crippen molar-refractivity contribution in [2.45, 2.75) is 45.1 Å². The van der Waals surface area contributed by atoms with Crippen LogP contribution in [0.5, 0.6) is 0 Å². The van der Waals surface area contributed by atoms with Crippen molar-refractivity contribution in [3.63, 3.8) is 0 Å². The summed E-state index contributed by atoms with van der Waals surface area (Å²) < 4.78 is 3.85. The first-order valence-corrected chi connectivity index (χ1v) is 8.24. The van der Waals surface area contributed by atoms with Gasteiger partial charge in [-0.3, -0.25) is 9.59 Å². The standard InChI is InChI=1S/C14H19N3O3S/c1-2-3-9-12(21-17-16-9)13(18)15-11-8-5-4-7(6-8)10(11)14(19)20/h7-8,10-11H,2-6H2,1H3,(H,15,18)(H,19,20). The van der Waals surface area contributed by atoms with Crippen LogP contribution in [0, 0.1) is 17.8 Å². The van der Waals surface area contributed by atoms with Gasteiger partial charge in [0.15, 0.2) is 0 Å². The van der Waals surface area contributed by atoms with E-state index in [4.69, 9.17) is 0 Å². The van der Waals surface area contributed by atoms with Crippen LogP contribution in [0.3, 0.4) is 0 Å². The molecule has 0 aromatic carbocycles. The lowest BCUT2D eigenvalue weighted by Gasteiger charge is -2.28. The van der Waals surface area contributed by atoms with Gasteiger partial charge in [0.25, 0.3) is 5.91 Å². The number of amides is 1. The van der Waals surface area contributed by atoms with E-state index in [0.717, 1.165) is 49.3 Å². The number of carboxylic acids is 1. The molecule has 2 bridgehead atoms. The molecule has 1 heterocycles. The van der Waals surface area contributed by atoms with Crippen molar-refractivity contribution in [2.75, 3.05) is 0 Å². The van der Waals surface area contributed by atoms with Crippen molar-refractivity contribution in [3.05, 3.63) is 10.6 Å². The summed E-state index contributed by atoms with van der Waals surface area (Å²) in [4.78, 5) is 24.4. The zero-order valence-electron chi connectivity index (χ0n) is 11.9. The Bertz CT molecular complexity index is 559. The minimum absolute atomic E-state index is 0.211. The van der Waals surface area contributed by atoms with E-state index in [0.29, 0.717) is 10.8 Å². The fourth-order valence-electron chi connectivity index (χ4n) is 3.85. The fraction of sp³-hybridized carbons (Fsp3) is 0.714. The maximum Gasteiger partial charge on any atom is 0.308 e. The molecule has 7 heteroatoms. The quantitative estimate of drug-likeness (QED) is 0.864. The lowest BCUT2D eigenvalue weighted by atomic mass is 9.84. The molecule has 21 heavy (non-hydrogen) atoms. The number of rotatable bonds is 5. The molecule has 2 N–H and O–H groups in total. The molecule has 2 aliphatic carbocycles. The summed E-state index contributed by atoms with van der Waals surface area (Å²) in [5.41, 5.74) is 0.718. The zero-order chi connectivity index (χ0) is 15.0. The molecule has 0 saturated heterocycles. The van der Waals surface area contributed by atoms with Gasteiger partial charge >= 0.3 is 5.97 Å². The minimum Gasteiger partial charge on any atom is -0.481 e. The lowest BCUT2D eigenvalue weighted by Crippen LogP contribution is -2.46. The van der Waals surface area contributed by atoms with E-state index < -0.39 is 11.9 Å². The Morgan fingerprint density at radius 2 is 2.14 bits per heavy atom. The number of carbonyl (C=O) groups excluding carboxylic acids is 1. The highest BCUT2D eigenvalue weighted by molar-refractivity contribution is 7.08. The molecule has 1 amide bonds. The van der Waals surface area contributed by atoms with E-state index in [1.54, 1.807) is 0 Å². The van der Waals surface area contributed by atoms with Crippen molar-refractivity contribution in [3.8, 4) is 0 Å². The average Bonchev–Trinajstić information content (AvgIpc) is 3.13. The predicted molar refractivity (Wildman–Crippen MR) is 77.1 cm³/mol. The third kappa shape index (κ3) is 2.54. The molecule has 114 valence electrons. The summed E-state index contributed by atoms with van der Waals surface area (Å²) in [6, 6.07) is -0.245. The third-order valence-corrected chi connectivity index (χ3v) is 5.51. The van der Waals surface area contributed by atoms with Gasteiger partial charge in [-0.2, -0.15) is 0 Å². The summed E-state index contributed by atoms with van der Waals surface area (Å²) >= 11 is 1.09. The van der Waals surface area contributed by atoms with E-state index in [1.165, 1.54) is 0 Å². The molecule has 2 aliphatic rings. The van der Waals surface area contributed by atoms with Gasteiger partial charge in [0, 0.05) is 6.04 Å². The number of fused-ring (bicyclic) bond motifs is 2. The second-order valence-electron chi connectivity index (χ2n) is 6.00. The van der Waals surface area contributed by atoms with Gasteiger partial charge in [-0.15, -0.1) is 5.10 Å². The molecule has 1 aromatic heterocycles. The second kappa shape index (κ2) is 5.71. The number of hydrogen-bond donors (Lipinski definition) is 2. The van der Waals surface area contributed by atoms with Gasteiger partial charge in [-0.25, -0.2) is 0 Å². The van der Waals surface area contributed by atoms with Crippen molar-refractivity contribution < 1.29 is 14.7 Å². The molecular weight excluding hydrogens is 290 g/mol.